The van der Waals surface area contributed by atoms with Gasteiger partial charge in [0.25, 0.3) is 0 Å². The Bertz CT molecular complexity index is 946. The molecule has 3 aromatic carbocycles. The van der Waals surface area contributed by atoms with Crippen molar-refractivity contribution < 1.29 is 10.1 Å². The van der Waals surface area contributed by atoms with Crippen molar-refractivity contribution in [2.24, 2.45) is 5.18 Å². The largest absolute Gasteiger partial charge is 0.508 e. The normalized spacial score (nSPS) is 11.0. The van der Waals surface area contributed by atoms with E-state index < -0.39 is 0 Å². The number of rotatable bonds is 5. The van der Waals surface area contributed by atoms with E-state index in [9.17, 15) is 10.0 Å². The molecule has 5 heteroatoms. The third-order valence-electron chi connectivity index (χ3n) is 3.80. The molecule has 0 unspecified atom stereocenters. The summed E-state index contributed by atoms with van der Waals surface area (Å²) in [4.78, 5) is 16.2. The van der Waals surface area contributed by atoms with Crippen LogP contribution >= 0.6 is 11.8 Å². The van der Waals surface area contributed by atoms with Crippen molar-refractivity contribution in [2.75, 3.05) is 0 Å². The van der Waals surface area contributed by atoms with Gasteiger partial charge >= 0.3 is 0 Å². The number of nitroso groups, excluding NO2 is 1. The number of benzene rings is 3. The molecule has 0 bridgehead atoms. The van der Waals surface area contributed by atoms with Gasteiger partial charge in [0.1, 0.15) is 11.4 Å². The summed E-state index contributed by atoms with van der Waals surface area (Å²) in [5.74, 6) is 0.207. The van der Waals surface area contributed by atoms with Gasteiger partial charge in [-0.3, -0.25) is 0 Å². The Morgan fingerprint density at radius 2 is 1.73 bits per heavy atom. The zero-order valence-electron chi connectivity index (χ0n) is 14.6. The van der Waals surface area contributed by atoms with Gasteiger partial charge in [-0.2, -0.15) is 0 Å². The maximum absolute atomic E-state index is 10.9. The predicted octanol–water partition coefficient (Wildman–Crippen LogP) is 4.39. The van der Waals surface area contributed by atoms with Crippen molar-refractivity contribution >= 4 is 29.4 Å². The Balaban J connectivity index is 1.94. The highest BCUT2D eigenvalue weighted by Crippen LogP contribution is 2.31. The van der Waals surface area contributed by atoms with Crippen LogP contribution < -0.4 is 4.99 Å². The SMILES string of the molecule is Cc1ccc(Sc2ccc(N=O)cc2C=[NH+]c2cc(C)cc(O)c2)cc1. The summed E-state index contributed by atoms with van der Waals surface area (Å²) in [6, 6.07) is 18.9. The summed E-state index contributed by atoms with van der Waals surface area (Å²) in [5, 5.41) is 12.8. The fourth-order valence-electron chi connectivity index (χ4n) is 2.54. The van der Waals surface area contributed by atoms with Gasteiger partial charge in [0.2, 0.25) is 5.69 Å². The van der Waals surface area contributed by atoms with Crippen LogP contribution in [0.15, 0.2) is 75.6 Å². The molecule has 0 spiro atoms. The molecule has 4 nitrogen and oxygen atoms in total. The van der Waals surface area contributed by atoms with Crippen LogP contribution in [-0.2, 0) is 0 Å². The zero-order valence-corrected chi connectivity index (χ0v) is 15.4. The molecule has 3 rings (SSSR count). The van der Waals surface area contributed by atoms with E-state index in [0.717, 1.165) is 26.6 Å². The first-order chi connectivity index (χ1) is 12.5. The molecule has 0 aliphatic heterocycles. The van der Waals surface area contributed by atoms with Crippen LogP contribution in [0.25, 0.3) is 0 Å². The molecule has 26 heavy (non-hydrogen) atoms. The van der Waals surface area contributed by atoms with Crippen molar-refractivity contribution in [3.63, 3.8) is 0 Å². The van der Waals surface area contributed by atoms with Crippen LogP contribution in [0.3, 0.4) is 0 Å². The molecule has 0 saturated heterocycles. The van der Waals surface area contributed by atoms with E-state index in [-0.39, 0.29) is 5.75 Å². The van der Waals surface area contributed by atoms with Crippen LogP contribution in [0, 0.1) is 18.8 Å². The molecule has 2 N–H and O–H groups in total. The number of aryl methyl sites for hydroxylation is 2. The minimum Gasteiger partial charge on any atom is -0.508 e. The molecule has 0 fully saturated rings. The van der Waals surface area contributed by atoms with E-state index in [4.69, 9.17) is 0 Å². The second-order valence-corrected chi connectivity index (χ2v) is 7.19. The molecule has 0 aliphatic carbocycles. The predicted molar refractivity (Wildman–Crippen MR) is 106 cm³/mol. The van der Waals surface area contributed by atoms with Crippen LogP contribution in [0.5, 0.6) is 5.75 Å². The number of nitrogens with zero attached hydrogens (tertiary/aromatic N) is 1. The molecule has 0 saturated carbocycles. The summed E-state index contributed by atoms with van der Waals surface area (Å²) >= 11 is 1.62. The first kappa shape index (κ1) is 17.9. The Hall–Kier alpha value is -2.92. The van der Waals surface area contributed by atoms with E-state index in [1.807, 2.05) is 25.3 Å². The van der Waals surface area contributed by atoms with E-state index in [2.05, 4.69) is 41.4 Å². The van der Waals surface area contributed by atoms with Gasteiger partial charge in [0, 0.05) is 15.9 Å². The molecule has 0 radical (unpaired) electrons. The molecule has 0 aliphatic rings. The Morgan fingerprint density at radius 1 is 0.962 bits per heavy atom. The topological polar surface area (TPSA) is 63.6 Å². The van der Waals surface area contributed by atoms with Gasteiger partial charge in [0.05, 0.1) is 11.6 Å². The maximum Gasteiger partial charge on any atom is 0.207 e. The molecule has 0 amide bonds. The van der Waals surface area contributed by atoms with Gasteiger partial charge in [-0.25, -0.2) is 4.99 Å². The van der Waals surface area contributed by atoms with Crippen molar-refractivity contribution in [1.29, 1.82) is 0 Å². The number of phenols is 1. The van der Waals surface area contributed by atoms with Crippen LogP contribution in [0.4, 0.5) is 11.4 Å². The molecule has 130 valence electrons. The molecule has 0 aromatic heterocycles. The fraction of sp³-hybridized carbons (Fsp3) is 0.0952. The van der Waals surface area contributed by atoms with Crippen LogP contribution in [0.1, 0.15) is 16.7 Å². The van der Waals surface area contributed by atoms with Gasteiger partial charge in [-0.1, -0.05) is 29.5 Å². The first-order valence-electron chi connectivity index (χ1n) is 8.16. The van der Waals surface area contributed by atoms with E-state index in [0.29, 0.717) is 5.69 Å². The highest BCUT2D eigenvalue weighted by molar-refractivity contribution is 7.99. The monoisotopic (exact) mass is 363 g/mol. The fourth-order valence-corrected chi connectivity index (χ4v) is 3.44. The standard InChI is InChI=1S/C21H18N2O2S/c1-14-3-6-20(7-4-14)26-21-8-5-17(23-25)11-16(21)13-22-18-9-15(2)10-19(24)12-18/h3-13,24H,1-2H3/p+1. The van der Waals surface area contributed by atoms with E-state index >= 15 is 0 Å². The molecule has 0 atom stereocenters. The van der Waals surface area contributed by atoms with E-state index in [1.54, 1.807) is 36.0 Å². The molecule has 3 aromatic rings. The molecule has 0 heterocycles. The zero-order chi connectivity index (χ0) is 18.5. The van der Waals surface area contributed by atoms with Crippen LogP contribution in [0.2, 0.25) is 0 Å². The highest BCUT2D eigenvalue weighted by Gasteiger charge is 2.08. The second kappa shape index (κ2) is 7.97. The number of aromatic hydroxyl groups is 1. The summed E-state index contributed by atoms with van der Waals surface area (Å²) in [6.07, 6.45) is 1.82. The first-order valence-corrected chi connectivity index (χ1v) is 8.97. The lowest BCUT2D eigenvalue weighted by molar-refractivity contribution is -0.347. The third-order valence-corrected chi connectivity index (χ3v) is 4.90. The van der Waals surface area contributed by atoms with Crippen molar-refractivity contribution in [3.8, 4) is 5.75 Å². The van der Waals surface area contributed by atoms with Crippen LogP contribution in [-0.4, -0.2) is 11.3 Å². The van der Waals surface area contributed by atoms with Crippen molar-refractivity contribution in [1.82, 2.24) is 0 Å². The van der Waals surface area contributed by atoms with Gasteiger partial charge in [0.15, 0.2) is 6.21 Å². The lowest BCUT2D eigenvalue weighted by Crippen LogP contribution is -2.61. The second-order valence-electron chi connectivity index (χ2n) is 6.07. The summed E-state index contributed by atoms with van der Waals surface area (Å²) in [6.45, 7) is 3.97. The van der Waals surface area contributed by atoms with Crippen molar-refractivity contribution in [2.45, 2.75) is 23.6 Å². The Labute approximate surface area is 156 Å². The smallest absolute Gasteiger partial charge is 0.207 e. The summed E-state index contributed by atoms with van der Waals surface area (Å²) in [7, 11) is 0. The maximum atomic E-state index is 10.9. The van der Waals surface area contributed by atoms with Gasteiger partial charge in [-0.05, 0) is 61.0 Å². The summed E-state index contributed by atoms with van der Waals surface area (Å²) < 4.78 is 0. The lowest BCUT2D eigenvalue weighted by Gasteiger charge is -2.05. The lowest BCUT2D eigenvalue weighted by atomic mass is 10.2. The average Bonchev–Trinajstić information content (AvgIpc) is 2.62. The number of hydrogen-bond donors (Lipinski definition) is 2. The van der Waals surface area contributed by atoms with Gasteiger partial charge < -0.3 is 5.11 Å². The highest BCUT2D eigenvalue weighted by atomic mass is 32.2. The van der Waals surface area contributed by atoms with Crippen molar-refractivity contribution in [3.05, 3.63) is 82.3 Å². The van der Waals surface area contributed by atoms with Gasteiger partial charge in [-0.15, -0.1) is 4.91 Å². The summed E-state index contributed by atoms with van der Waals surface area (Å²) in [5.41, 5.74) is 4.17. The molecular formula is C21H19N2O2S+. The quantitative estimate of drug-likeness (QED) is 0.522. The molecular weight excluding hydrogens is 344 g/mol. The van der Waals surface area contributed by atoms with E-state index in [1.165, 1.54) is 5.56 Å². The minimum atomic E-state index is 0.207. The Morgan fingerprint density at radius 3 is 2.42 bits per heavy atom. The minimum absolute atomic E-state index is 0.207. The number of nitrogens with one attached hydrogen (secondary N) is 1. The average molecular weight is 363 g/mol. The Kier molecular flexibility index (Phi) is 5.49. The number of hydrogen-bond acceptors (Lipinski definition) is 4. The number of phenolic OH excluding ortho intramolecular Hbond substituents is 1. The third kappa shape index (κ3) is 4.58.